The van der Waals surface area contributed by atoms with E-state index in [4.69, 9.17) is 0 Å². The molecule has 1 amide bonds. The Morgan fingerprint density at radius 2 is 1.88 bits per heavy atom. The summed E-state index contributed by atoms with van der Waals surface area (Å²) in [5.41, 5.74) is -0.679. The standard InChI is InChI=1S/C12H26N2O2/c1-9(2)8-14-11(15)10(3)13-7-6-12(4,5)16/h9-10,13,16H,6-8H2,1-5H3,(H,14,15). The van der Waals surface area contributed by atoms with Gasteiger partial charge in [-0.3, -0.25) is 4.79 Å². The van der Waals surface area contributed by atoms with Crippen molar-refractivity contribution in [2.24, 2.45) is 5.92 Å². The van der Waals surface area contributed by atoms with Crippen LogP contribution in [0.25, 0.3) is 0 Å². The van der Waals surface area contributed by atoms with Gasteiger partial charge in [0, 0.05) is 6.54 Å². The number of hydrogen-bond acceptors (Lipinski definition) is 3. The van der Waals surface area contributed by atoms with Crippen molar-refractivity contribution < 1.29 is 9.90 Å². The number of aliphatic hydroxyl groups is 1. The van der Waals surface area contributed by atoms with Crippen LogP contribution in [0.4, 0.5) is 0 Å². The second-order valence-corrected chi connectivity index (χ2v) is 5.38. The van der Waals surface area contributed by atoms with Gasteiger partial charge in [-0.2, -0.15) is 0 Å². The van der Waals surface area contributed by atoms with Crippen LogP contribution in [0.3, 0.4) is 0 Å². The zero-order chi connectivity index (χ0) is 12.8. The molecular formula is C12H26N2O2. The first-order chi connectivity index (χ1) is 7.22. The van der Waals surface area contributed by atoms with Crippen LogP contribution in [0.15, 0.2) is 0 Å². The maximum atomic E-state index is 11.6. The molecule has 0 aromatic carbocycles. The van der Waals surface area contributed by atoms with Crippen LogP contribution < -0.4 is 10.6 Å². The second-order valence-electron chi connectivity index (χ2n) is 5.38. The fourth-order valence-corrected chi connectivity index (χ4v) is 1.15. The molecule has 3 N–H and O–H groups in total. The molecule has 0 heterocycles. The summed E-state index contributed by atoms with van der Waals surface area (Å²) in [6.45, 7) is 10.8. The quantitative estimate of drug-likeness (QED) is 0.609. The molecule has 4 nitrogen and oxygen atoms in total. The number of carbonyl (C=O) groups excluding carboxylic acids is 1. The van der Waals surface area contributed by atoms with Crippen molar-refractivity contribution in [2.45, 2.75) is 52.7 Å². The summed E-state index contributed by atoms with van der Waals surface area (Å²) < 4.78 is 0. The third-order valence-corrected chi connectivity index (χ3v) is 2.27. The topological polar surface area (TPSA) is 61.4 Å². The summed E-state index contributed by atoms with van der Waals surface area (Å²) in [6.07, 6.45) is 0.634. The SMILES string of the molecule is CC(C)CNC(=O)C(C)NCCC(C)(C)O. The average Bonchev–Trinajstić information content (AvgIpc) is 2.11. The molecule has 4 heteroatoms. The Labute approximate surface area is 98.8 Å². The van der Waals surface area contributed by atoms with E-state index < -0.39 is 5.60 Å². The highest BCUT2D eigenvalue weighted by Gasteiger charge is 2.15. The van der Waals surface area contributed by atoms with E-state index in [1.807, 2.05) is 6.92 Å². The van der Waals surface area contributed by atoms with Crippen molar-refractivity contribution in [1.82, 2.24) is 10.6 Å². The number of rotatable bonds is 7. The predicted molar refractivity (Wildman–Crippen MR) is 66.2 cm³/mol. The molecule has 1 atom stereocenters. The monoisotopic (exact) mass is 230 g/mol. The van der Waals surface area contributed by atoms with Gasteiger partial charge >= 0.3 is 0 Å². The van der Waals surface area contributed by atoms with E-state index in [2.05, 4.69) is 24.5 Å². The average molecular weight is 230 g/mol. The van der Waals surface area contributed by atoms with Gasteiger partial charge in [-0.1, -0.05) is 13.8 Å². The zero-order valence-corrected chi connectivity index (χ0v) is 11.1. The van der Waals surface area contributed by atoms with Crippen LogP contribution in [0, 0.1) is 5.92 Å². The van der Waals surface area contributed by atoms with Crippen molar-refractivity contribution >= 4 is 5.91 Å². The van der Waals surface area contributed by atoms with Gasteiger partial charge in [0.05, 0.1) is 11.6 Å². The molecule has 0 rings (SSSR count). The van der Waals surface area contributed by atoms with Crippen LogP contribution in [0.2, 0.25) is 0 Å². The first kappa shape index (κ1) is 15.4. The van der Waals surface area contributed by atoms with Crippen LogP contribution in [-0.4, -0.2) is 35.7 Å². The maximum Gasteiger partial charge on any atom is 0.236 e. The Morgan fingerprint density at radius 3 is 2.31 bits per heavy atom. The Bertz CT molecular complexity index is 210. The first-order valence-corrected chi connectivity index (χ1v) is 5.96. The normalized spacial score (nSPS) is 13.9. The number of carbonyl (C=O) groups is 1. The van der Waals surface area contributed by atoms with Gasteiger partial charge < -0.3 is 15.7 Å². The minimum Gasteiger partial charge on any atom is -0.390 e. The third-order valence-electron chi connectivity index (χ3n) is 2.27. The minimum atomic E-state index is -0.679. The molecule has 16 heavy (non-hydrogen) atoms. The lowest BCUT2D eigenvalue weighted by Crippen LogP contribution is -2.44. The van der Waals surface area contributed by atoms with Crippen LogP contribution in [0.5, 0.6) is 0 Å². The number of hydrogen-bond donors (Lipinski definition) is 3. The van der Waals surface area contributed by atoms with Gasteiger partial charge in [0.25, 0.3) is 0 Å². The molecule has 0 fully saturated rings. The summed E-state index contributed by atoms with van der Waals surface area (Å²) in [7, 11) is 0. The van der Waals surface area contributed by atoms with Gasteiger partial charge in [-0.15, -0.1) is 0 Å². The van der Waals surface area contributed by atoms with E-state index in [1.54, 1.807) is 13.8 Å². The largest absolute Gasteiger partial charge is 0.390 e. The van der Waals surface area contributed by atoms with E-state index in [0.717, 1.165) is 0 Å². The lowest BCUT2D eigenvalue weighted by Gasteiger charge is -2.19. The molecule has 0 aliphatic rings. The summed E-state index contributed by atoms with van der Waals surface area (Å²) in [5.74, 6) is 0.483. The molecule has 0 spiro atoms. The lowest BCUT2D eigenvalue weighted by atomic mass is 10.1. The number of amides is 1. The highest BCUT2D eigenvalue weighted by atomic mass is 16.3. The van der Waals surface area contributed by atoms with Crippen molar-refractivity contribution in [3.8, 4) is 0 Å². The third kappa shape index (κ3) is 8.68. The molecule has 0 aliphatic carbocycles. The molecular weight excluding hydrogens is 204 g/mol. The molecule has 0 bridgehead atoms. The summed E-state index contributed by atoms with van der Waals surface area (Å²) >= 11 is 0. The Morgan fingerprint density at radius 1 is 1.31 bits per heavy atom. The van der Waals surface area contributed by atoms with Gasteiger partial charge in [0.2, 0.25) is 5.91 Å². The molecule has 0 aromatic rings. The van der Waals surface area contributed by atoms with Crippen molar-refractivity contribution in [2.75, 3.05) is 13.1 Å². The molecule has 1 unspecified atom stereocenters. The van der Waals surface area contributed by atoms with E-state index >= 15 is 0 Å². The Balaban J connectivity index is 3.71. The van der Waals surface area contributed by atoms with Gasteiger partial charge in [-0.25, -0.2) is 0 Å². The van der Waals surface area contributed by atoms with Gasteiger partial charge in [0.1, 0.15) is 0 Å². The summed E-state index contributed by atoms with van der Waals surface area (Å²) in [5, 5.41) is 15.5. The van der Waals surface area contributed by atoms with E-state index in [9.17, 15) is 9.90 Å². The van der Waals surface area contributed by atoms with E-state index in [-0.39, 0.29) is 11.9 Å². The van der Waals surface area contributed by atoms with E-state index in [1.165, 1.54) is 0 Å². The molecule has 0 saturated carbocycles. The fourth-order valence-electron chi connectivity index (χ4n) is 1.15. The highest BCUT2D eigenvalue weighted by Crippen LogP contribution is 2.05. The number of nitrogens with one attached hydrogen (secondary N) is 2. The van der Waals surface area contributed by atoms with Gasteiger partial charge in [0.15, 0.2) is 0 Å². The van der Waals surface area contributed by atoms with Crippen LogP contribution in [-0.2, 0) is 4.79 Å². The fraction of sp³-hybridized carbons (Fsp3) is 0.917. The molecule has 0 aromatic heterocycles. The minimum absolute atomic E-state index is 0.0180. The first-order valence-electron chi connectivity index (χ1n) is 5.96. The van der Waals surface area contributed by atoms with Gasteiger partial charge in [-0.05, 0) is 39.7 Å². The zero-order valence-electron chi connectivity index (χ0n) is 11.1. The molecule has 0 saturated heterocycles. The Kier molecular flexibility index (Phi) is 6.60. The molecule has 96 valence electrons. The van der Waals surface area contributed by atoms with Crippen molar-refractivity contribution in [3.63, 3.8) is 0 Å². The second kappa shape index (κ2) is 6.86. The smallest absolute Gasteiger partial charge is 0.236 e. The molecule has 0 radical (unpaired) electrons. The lowest BCUT2D eigenvalue weighted by molar-refractivity contribution is -0.122. The predicted octanol–water partition coefficient (Wildman–Crippen LogP) is 0.898. The summed E-state index contributed by atoms with van der Waals surface area (Å²) in [6, 6.07) is -0.207. The highest BCUT2D eigenvalue weighted by molar-refractivity contribution is 5.81. The van der Waals surface area contributed by atoms with E-state index in [0.29, 0.717) is 25.4 Å². The summed E-state index contributed by atoms with van der Waals surface area (Å²) in [4.78, 5) is 11.6. The molecule has 0 aliphatic heterocycles. The Hall–Kier alpha value is -0.610. The van der Waals surface area contributed by atoms with Crippen molar-refractivity contribution in [1.29, 1.82) is 0 Å². The van der Waals surface area contributed by atoms with Crippen LogP contribution >= 0.6 is 0 Å². The van der Waals surface area contributed by atoms with Crippen LogP contribution in [0.1, 0.15) is 41.0 Å². The maximum absolute atomic E-state index is 11.6. The van der Waals surface area contributed by atoms with Crippen molar-refractivity contribution in [3.05, 3.63) is 0 Å².